The van der Waals surface area contributed by atoms with Gasteiger partial charge in [-0.05, 0) is 50.5 Å². The molecule has 0 spiro atoms. The molecule has 3 nitrogen and oxygen atoms in total. The summed E-state index contributed by atoms with van der Waals surface area (Å²) in [5.41, 5.74) is 1.52. The number of halogens is 1. The Morgan fingerprint density at radius 2 is 2.38 bits per heavy atom. The first-order valence-corrected chi connectivity index (χ1v) is 6.41. The fourth-order valence-corrected chi connectivity index (χ4v) is 2.32. The third kappa shape index (κ3) is 2.68. The van der Waals surface area contributed by atoms with E-state index in [1.807, 2.05) is 16.8 Å². The van der Waals surface area contributed by atoms with Gasteiger partial charge >= 0.3 is 0 Å². The molecular formula is C11H9BrN2OS. The number of hydrogen-bond donors (Lipinski definition) is 1. The van der Waals surface area contributed by atoms with E-state index in [1.54, 1.807) is 29.7 Å². The van der Waals surface area contributed by atoms with E-state index >= 15 is 0 Å². The molecule has 0 radical (unpaired) electrons. The van der Waals surface area contributed by atoms with E-state index in [4.69, 9.17) is 0 Å². The van der Waals surface area contributed by atoms with E-state index in [-0.39, 0.29) is 5.91 Å². The zero-order valence-corrected chi connectivity index (χ0v) is 10.7. The first-order chi connectivity index (χ1) is 7.77. The minimum Gasteiger partial charge on any atom is -0.347 e. The van der Waals surface area contributed by atoms with Crippen molar-refractivity contribution in [3.05, 3.63) is 50.9 Å². The standard InChI is InChI=1S/C11H9BrN2OS/c12-9-2-1-4-13-10(9)11(15)14-6-8-3-5-16-7-8/h1-5,7H,6H2,(H,14,15). The minimum atomic E-state index is -0.168. The predicted molar refractivity (Wildman–Crippen MR) is 67.4 cm³/mol. The largest absolute Gasteiger partial charge is 0.347 e. The highest BCUT2D eigenvalue weighted by molar-refractivity contribution is 9.10. The zero-order valence-electron chi connectivity index (χ0n) is 8.31. The van der Waals surface area contributed by atoms with Crippen LogP contribution in [0.5, 0.6) is 0 Å². The molecule has 1 amide bonds. The zero-order chi connectivity index (χ0) is 11.4. The maximum atomic E-state index is 11.8. The summed E-state index contributed by atoms with van der Waals surface area (Å²) in [6.07, 6.45) is 1.60. The van der Waals surface area contributed by atoms with Gasteiger partial charge < -0.3 is 5.32 Å². The number of hydrogen-bond acceptors (Lipinski definition) is 3. The maximum Gasteiger partial charge on any atom is 0.271 e. The summed E-state index contributed by atoms with van der Waals surface area (Å²) >= 11 is 4.91. The Balaban J connectivity index is 2.01. The number of aromatic nitrogens is 1. The molecule has 0 atom stereocenters. The molecule has 16 heavy (non-hydrogen) atoms. The summed E-state index contributed by atoms with van der Waals surface area (Å²) < 4.78 is 0.706. The Morgan fingerprint density at radius 3 is 3.06 bits per heavy atom. The van der Waals surface area contributed by atoms with Crippen molar-refractivity contribution in [1.29, 1.82) is 0 Å². The quantitative estimate of drug-likeness (QED) is 0.946. The van der Waals surface area contributed by atoms with Crippen LogP contribution in [0.1, 0.15) is 16.1 Å². The fraction of sp³-hybridized carbons (Fsp3) is 0.0909. The molecule has 2 heterocycles. The lowest BCUT2D eigenvalue weighted by molar-refractivity contribution is 0.0945. The topological polar surface area (TPSA) is 42.0 Å². The van der Waals surface area contributed by atoms with E-state index in [2.05, 4.69) is 26.2 Å². The highest BCUT2D eigenvalue weighted by atomic mass is 79.9. The molecule has 0 bridgehead atoms. The lowest BCUT2D eigenvalue weighted by atomic mass is 10.3. The Labute approximate surface area is 106 Å². The number of nitrogens with zero attached hydrogens (tertiary/aromatic N) is 1. The number of carbonyl (C=O) groups excluding carboxylic acids is 1. The van der Waals surface area contributed by atoms with E-state index in [9.17, 15) is 4.79 Å². The van der Waals surface area contributed by atoms with Crippen LogP contribution in [-0.4, -0.2) is 10.9 Å². The number of rotatable bonds is 3. The van der Waals surface area contributed by atoms with E-state index in [0.29, 0.717) is 16.7 Å². The number of pyridine rings is 1. The Hall–Kier alpha value is -1.20. The second-order valence-corrected chi connectivity index (χ2v) is 4.78. The van der Waals surface area contributed by atoms with Gasteiger partial charge in [-0.3, -0.25) is 4.79 Å². The molecule has 0 saturated carbocycles. The van der Waals surface area contributed by atoms with Gasteiger partial charge in [-0.2, -0.15) is 11.3 Å². The molecule has 0 aliphatic carbocycles. The third-order valence-corrected chi connectivity index (χ3v) is 3.38. The molecule has 0 saturated heterocycles. The summed E-state index contributed by atoms with van der Waals surface area (Å²) in [6.45, 7) is 0.533. The number of amides is 1. The van der Waals surface area contributed by atoms with Crippen LogP contribution in [0.25, 0.3) is 0 Å². The summed E-state index contributed by atoms with van der Waals surface area (Å²) in [5, 5.41) is 6.81. The van der Waals surface area contributed by atoms with Crippen molar-refractivity contribution in [1.82, 2.24) is 10.3 Å². The monoisotopic (exact) mass is 296 g/mol. The van der Waals surface area contributed by atoms with Gasteiger partial charge in [0.25, 0.3) is 5.91 Å². The Bertz CT molecular complexity index is 484. The van der Waals surface area contributed by atoms with Gasteiger partial charge in [0.15, 0.2) is 0 Å². The SMILES string of the molecule is O=C(NCc1ccsc1)c1ncccc1Br. The summed E-state index contributed by atoms with van der Waals surface area (Å²) in [6, 6.07) is 5.56. The van der Waals surface area contributed by atoms with Crippen LogP contribution in [0.4, 0.5) is 0 Å². The normalized spacial score (nSPS) is 10.1. The molecule has 5 heteroatoms. The van der Waals surface area contributed by atoms with E-state index in [0.717, 1.165) is 5.56 Å². The molecule has 2 aromatic rings. The average molecular weight is 297 g/mol. The lowest BCUT2D eigenvalue weighted by Crippen LogP contribution is -2.23. The highest BCUT2D eigenvalue weighted by Crippen LogP contribution is 2.13. The molecule has 2 aromatic heterocycles. The molecule has 0 aromatic carbocycles. The van der Waals surface area contributed by atoms with Crippen LogP contribution in [0, 0.1) is 0 Å². The maximum absolute atomic E-state index is 11.8. The fourth-order valence-electron chi connectivity index (χ4n) is 1.21. The van der Waals surface area contributed by atoms with Crippen LogP contribution in [0.2, 0.25) is 0 Å². The predicted octanol–water partition coefficient (Wildman–Crippen LogP) is 2.84. The Morgan fingerprint density at radius 1 is 1.50 bits per heavy atom. The van der Waals surface area contributed by atoms with Crippen molar-refractivity contribution in [3.8, 4) is 0 Å². The molecule has 0 fully saturated rings. The number of nitrogens with one attached hydrogen (secondary N) is 1. The second kappa shape index (κ2) is 5.23. The minimum absolute atomic E-state index is 0.168. The average Bonchev–Trinajstić information content (AvgIpc) is 2.79. The lowest BCUT2D eigenvalue weighted by Gasteiger charge is -2.04. The molecule has 2 rings (SSSR count). The number of carbonyl (C=O) groups is 1. The molecule has 82 valence electrons. The summed E-state index contributed by atoms with van der Waals surface area (Å²) in [5.74, 6) is -0.168. The first kappa shape index (κ1) is 11.3. The third-order valence-electron chi connectivity index (χ3n) is 2.01. The smallest absolute Gasteiger partial charge is 0.271 e. The van der Waals surface area contributed by atoms with Crippen LogP contribution < -0.4 is 5.32 Å². The second-order valence-electron chi connectivity index (χ2n) is 3.15. The van der Waals surface area contributed by atoms with Gasteiger partial charge in [0.1, 0.15) is 5.69 Å². The van der Waals surface area contributed by atoms with Crippen molar-refractivity contribution in [2.24, 2.45) is 0 Å². The molecule has 0 aliphatic heterocycles. The molecule has 1 N–H and O–H groups in total. The van der Waals surface area contributed by atoms with Crippen molar-refractivity contribution in [2.45, 2.75) is 6.54 Å². The molecule has 0 unspecified atom stereocenters. The summed E-state index contributed by atoms with van der Waals surface area (Å²) in [4.78, 5) is 15.8. The van der Waals surface area contributed by atoms with E-state index in [1.165, 1.54) is 0 Å². The molecule has 0 aliphatic rings. The van der Waals surface area contributed by atoms with Gasteiger partial charge in [0, 0.05) is 17.2 Å². The van der Waals surface area contributed by atoms with Crippen LogP contribution >= 0.6 is 27.3 Å². The highest BCUT2D eigenvalue weighted by Gasteiger charge is 2.10. The molecular weight excluding hydrogens is 288 g/mol. The van der Waals surface area contributed by atoms with E-state index < -0.39 is 0 Å². The van der Waals surface area contributed by atoms with Gasteiger partial charge in [0.2, 0.25) is 0 Å². The van der Waals surface area contributed by atoms with Gasteiger partial charge in [-0.25, -0.2) is 4.98 Å². The van der Waals surface area contributed by atoms with Crippen LogP contribution in [-0.2, 0) is 6.54 Å². The van der Waals surface area contributed by atoms with Crippen molar-refractivity contribution in [2.75, 3.05) is 0 Å². The van der Waals surface area contributed by atoms with Crippen molar-refractivity contribution in [3.63, 3.8) is 0 Å². The number of thiophene rings is 1. The Kier molecular flexibility index (Phi) is 3.69. The summed E-state index contributed by atoms with van der Waals surface area (Å²) in [7, 11) is 0. The van der Waals surface area contributed by atoms with Crippen LogP contribution in [0.15, 0.2) is 39.6 Å². The first-order valence-electron chi connectivity index (χ1n) is 4.67. The van der Waals surface area contributed by atoms with Gasteiger partial charge in [-0.15, -0.1) is 0 Å². The van der Waals surface area contributed by atoms with Crippen molar-refractivity contribution >= 4 is 33.2 Å². The van der Waals surface area contributed by atoms with Gasteiger partial charge in [-0.1, -0.05) is 0 Å². The van der Waals surface area contributed by atoms with Crippen molar-refractivity contribution < 1.29 is 4.79 Å². The van der Waals surface area contributed by atoms with Crippen LogP contribution in [0.3, 0.4) is 0 Å². The van der Waals surface area contributed by atoms with Gasteiger partial charge in [0.05, 0.1) is 0 Å².